The Labute approximate surface area is 117 Å². The van der Waals surface area contributed by atoms with E-state index in [1.807, 2.05) is 20.2 Å². The van der Waals surface area contributed by atoms with Gasteiger partial charge in [0.25, 0.3) is 0 Å². The summed E-state index contributed by atoms with van der Waals surface area (Å²) >= 11 is 0. The van der Waals surface area contributed by atoms with Crippen molar-refractivity contribution in [1.29, 1.82) is 0 Å². The first-order chi connectivity index (χ1) is 9.40. The Hall–Kier alpha value is -1.08. The minimum Gasteiger partial charge on any atom is -0.370 e. The van der Waals surface area contributed by atoms with Crippen LogP contribution in [0.4, 0.5) is 13.2 Å². The van der Waals surface area contributed by atoms with Crippen LogP contribution in [-0.2, 0) is 18.2 Å². The highest BCUT2D eigenvalue weighted by molar-refractivity contribution is 5.03. The molecule has 1 aromatic rings. The summed E-state index contributed by atoms with van der Waals surface area (Å²) in [6, 6.07) is -0.0718. The van der Waals surface area contributed by atoms with Gasteiger partial charge in [-0.3, -0.25) is 4.68 Å². The van der Waals surface area contributed by atoms with Gasteiger partial charge in [-0.25, -0.2) is 0 Å². The Morgan fingerprint density at radius 3 is 2.75 bits per heavy atom. The molecule has 0 aromatic carbocycles. The Kier molecular flexibility index (Phi) is 7.01. The van der Waals surface area contributed by atoms with Crippen LogP contribution in [0.1, 0.15) is 25.3 Å². The summed E-state index contributed by atoms with van der Waals surface area (Å²) in [7, 11) is 1.84. The Balaban J connectivity index is 2.34. The molecule has 1 unspecified atom stereocenters. The van der Waals surface area contributed by atoms with Crippen LogP contribution in [0, 0.1) is 0 Å². The Bertz CT molecular complexity index is 379. The molecule has 116 valence electrons. The summed E-state index contributed by atoms with van der Waals surface area (Å²) < 4.78 is 42.6. The Morgan fingerprint density at radius 2 is 2.20 bits per heavy atom. The quantitative estimate of drug-likeness (QED) is 0.759. The fourth-order valence-corrected chi connectivity index (χ4v) is 1.85. The summed E-state index contributed by atoms with van der Waals surface area (Å²) in [6.45, 7) is 1.67. The van der Waals surface area contributed by atoms with Gasteiger partial charge in [0, 0.05) is 19.3 Å². The summed E-state index contributed by atoms with van der Waals surface area (Å²) in [4.78, 5) is 0. The van der Waals surface area contributed by atoms with Gasteiger partial charge in [-0.2, -0.15) is 18.3 Å². The van der Waals surface area contributed by atoms with Crippen LogP contribution < -0.4 is 5.32 Å². The lowest BCUT2D eigenvalue weighted by Crippen LogP contribution is -2.35. The molecular formula is C13H22F3N3O. The summed E-state index contributed by atoms with van der Waals surface area (Å²) in [5, 5.41) is 7.28. The molecule has 0 amide bonds. The van der Waals surface area contributed by atoms with Crippen LogP contribution in [-0.4, -0.2) is 41.8 Å². The smallest absolute Gasteiger partial charge is 0.370 e. The van der Waals surface area contributed by atoms with Crippen molar-refractivity contribution in [3.05, 3.63) is 18.0 Å². The third kappa shape index (κ3) is 7.49. The van der Waals surface area contributed by atoms with E-state index in [4.69, 9.17) is 4.74 Å². The largest absolute Gasteiger partial charge is 0.411 e. The molecule has 0 spiro atoms. The number of nitrogens with zero attached hydrogens (tertiary/aromatic N) is 2. The normalized spacial score (nSPS) is 13.7. The van der Waals surface area contributed by atoms with Gasteiger partial charge in [0.1, 0.15) is 6.61 Å². The van der Waals surface area contributed by atoms with E-state index in [1.165, 1.54) is 0 Å². The molecular weight excluding hydrogens is 271 g/mol. The third-order valence-corrected chi connectivity index (χ3v) is 2.81. The van der Waals surface area contributed by atoms with Crippen molar-refractivity contribution in [2.45, 2.75) is 38.4 Å². The first-order valence-electron chi connectivity index (χ1n) is 6.76. The minimum absolute atomic E-state index is 0.0692. The fourth-order valence-electron chi connectivity index (χ4n) is 1.85. The van der Waals surface area contributed by atoms with E-state index >= 15 is 0 Å². The third-order valence-electron chi connectivity index (χ3n) is 2.81. The van der Waals surface area contributed by atoms with Gasteiger partial charge in [0.05, 0.1) is 12.8 Å². The highest BCUT2D eigenvalue weighted by atomic mass is 19.4. The second-order valence-electron chi connectivity index (χ2n) is 4.84. The Morgan fingerprint density at radius 1 is 1.45 bits per heavy atom. The SMILES string of the molecule is CCCNC(CCc1cnn(C)c1)COCC(F)(F)F. The molecule has 0 bridgehead atoms. The van der Waals surface area contributed by atoms with Gasteiger partial charge in [-0.05, 0) is 31.4 Å². The number of ether oxygens (including phenoxy) is 1. The van der Waals surface area contributed by atoms with Crippen molar-refractivity contribution in [2.24, 2.45) is 7.05 Å². The van der Waals surface area contributed by atoms with Crippen LogP contribution in [0.5, 0.6) is 0 Å². The molecule has 1 atom stereocenters. The van der Waals surface area contributed by atoms with E-state index < -0.39 is 12.8 Å². The van der Waals surface area contributed by atoms with Gasteiger partial charge in [-0.1, -0.05) is 6.92 Å². The molecule has 0 aliphatic rings. The molecule has 0 aliphatic heterocycles. The molecule has 1 aromatic heterocycles. The maximum absolute atomic E-state index is 12.1. The van der Waals surface area contributed by atoms with Crippen LogP contribution in [0.2, 0.25) is 0 Å². The first-order valence-corrected chi connectivity index (χ1v) is 6.76. The van der Waals surface area contributed by atoms with Crippen molar-refractivity contribution in [3.8, 4) is 0 Å². The van der Waals surface area contributed by atoms with E-state index in [-0.39, 0.29) is 12.6 Å². The van der Waals surface area contributed by atoms with Gasteiger partial charge >= 0.3 is 6.18 Å². The number of hydrogen-bond donors (Lipinski definition) is 1. The standard InChI is InChI=1S/C13H22F3N3O/c1-3-6-17-12(9-20-10-13(14,15)16)5-4-11-7-18-19(2)8-11/h7-8,12,17H,3-6,9-10H2,1-2H3. The van der Waals surface area contributed by atoms with E-state index in [2.05, 4.69) is 10.4 Å². The number of aryl methyl sites for hydroxylation is 2. The number of alkyl halides is 3. The van der Waals surface area contributed by atoms with Crippen LogP contribution in [0.15, 0.2) is 12.4 Å². The predicted octanol–water partition coefficient (Wildman–Crippen LogP) is 2.30. The van der Waals surface area contributed by atoms with Crippen molar-refractivity contribution in [1.82, 2.24) is 15.1 Å². The molecule has 20 heavy (non-hydrogen) atoms. The summed E-state index contributed by atoms with van der Waals surface area (Å²) in [6.07, 6.45) is 1.84. The fraction of sp³-hybridized carbons (Fsp3) is 0.769. The lowest BCUT2D eigenvalue weighted by atomic mass is 10.1. The topological polar surface area (TPSA) is 39.1 Å². The maximum Gasteiger partial charge on any atom is 0.411 e. The average molecular weight is 293 g/mol. The van der Waals surface area contributed by atoms with Gasteiger partial charge in [-0.15, -0.1) is 0 Å². The van der Waals surface area contributed by atoms with Crippen molar-refractivity contribution in [3.63, 3.8) is 0 Å². The molecule has 1 N–H and O–H groups in total. The minimum atomic E-state index is -4.27. The van der Waals surface area contributed by atoms with E-state index in [9.17, 15) is 13.2 Å². The van der Waals surface area contributed by atoms with Crippen molar-refractivity contribution in [2.75, 3.05) is 19.8 Å². The predicted molar refractivity (Wildman–Crippen MR) is 70.5 cm³/mol. The molecule has 0 saturated carbocycles. The average Bonchev–Trinajstić information content (AvgIpc) is 2.76. The first kappa shape index (κ1) is 17.0. The van der Waals surface area contributed by atoms with E-state index in [0.717, 1.165) is 31.4 Å². The molecule has 0 radical (unpaired) electrons. The zero-order valence-corrected chi connectivity index (χ0v) is 11.9. The lowest BCUT2D eigenvalue weighted by molar-refractivity contribution is -0.175. The number of nitrogens with one attached hydrogen (secondary N) is 1. The van der Waals surface area contributed by atoms with E-state index in [0.29, 0.717) is 0 Å². The molecule has 7 heteroatoms. The molecule has 4 nitrogen and oxygen atoms in total. The number of hydrogen-bond acceptors (Lipinski definition) is 3. The summed E-state index contributed by atoms with van der Waals surface area (Å²) in [5.41, 5.74) is 1.08. The van der Waals surface area contributed by atoms with E-state index in [1.54, 1.807) is 10.9 Å². The number of rotatable bonds is 9. The van der Waals surface area contributed by atoms with Gasteiger partial charge < -0.3 is 10.1 Å². The summed E-state index contributed by atoms with van der Waals surface area (Å²) in [5.74, 6) is 0. The van der Waals surface area contributed by atoms with Gasteiger partial charge in [0.2, 0.25) is 0 Å². The number of aromatic nitrogens is 2. The monoisotopic (exact) mass is 293 g/mol. The highest BCUT2D eigenvalue weighted by Gasteiger charge is 2.27. The highest BCUT2D eigenvalue weighted by Crippen LogP contribution is 2.15. The van der Waals surface area contributed by atoms with Crippen molar-refractivity contribution < 1.29 is 17.9 Å². The van der Waals surface area contributed by atoms with Crippen molar-refractivity contribution >= 4 is 0 Å². The molecule has 0 fully saturated rings. The van der Waals surface area contributed by atoms with Crippen LogP contribution in [0.25, 0.3) is 0 Å². The zero-order valence-electron chi connectivity index (χ0n) is 11.9. The number of halogens is 3. The molecule has 1 heterocycles. The second kappa shape index (κ2) is 8.26. The second-order valence-corrected chi connectivity index (χ2v) is 4.84. The zero-order chi connectivity index (χ0) is 15.0. The van der Waals surface area contributed by atoms with Crippen LogP contribution >= 0.6 is 0 Å². The maximum atomic E-state index is 12.1. The lowest BCUT2D eigenvalue weighted by Gasteiger charge is -2.19. The van der Waals surface area contributed by atoms with Crippen LogP contribution in [0.3, 0.4) is 0 Å². The molecule has 0 aliphatic carbocycles. The van der Waals surface area contributed by atoms with Gasteiger partial charge in [0.15, 0.2) is 0 Å². The molecule has 0 saturated heterocycles. The molecule has 1 rings (SSSR count).